The summed E-state index contributed by atoms with van der Waals surface area (Å²) in [5.74, 6) is 0.592. The zero-order chi connectivity index (χ0) is 14.5. The van der Waals surface area contributed by atoms with Crippen LogP contribution in [0, 0.1) is 5.82 Å². The van der Waals surface area contributed by atoms with E-state index in [-0.39, 0.29) is 11.9 Å². The van der Waals surface area contributed by atoms with Crippen LogP contribution in [-0.4, -0.2) is 13.2 Å². The molecule has 0 aliphatic rings. The van der Waals surface area contributed by atoms with Crippen molar-refractivity contribution in [3.05, 3.63) is 63.9 Å². The molecule has 106 valence electrons. The van der Waals surface area contributed by atoms with Gasteiger partial charge in [0, 0.05) is 10.5 Å². The summed E-state index contributed by atoms with van der Waals surface area (Å²) in [6, 6.07) is 12.4. The Labute approximate surface area is 126 Å². The van der Waals surface area contributed by atoms with Crippen LogP contribution in [0.4, 0.5) is 4.39 Å². The van der Waals surface area contributed by atoms with Crippen molar-refractivity contribution < 1.29 is 9.13 Å². The van der Waals surface area contributed by atoms with Gasteiger partial charge in [-0.25, -0.2) is 4.39 Å². The van der Waals surface area contributed by atoms with E-state index in [0.717, 1.165) is 15.8 Å². The first-order chi connectivity index (χ1) is 9.60. The zero-order valence-corrected chi connectivity index (χ0v) is 12.9. The number of ether oxygens (including phenoxy) is 1. The van der Waals surface area contributed by atoms with Gasteiger partial charge in [0.15, 0.2) is 0 Å². The van der Waals surface area contributed by atoms with Crippen LogP contribution in [0.3, 0.4) is 0 Å². The molecule has 0 saturated carbocycles. The molecule has 0 heterocycles. The van der Waals surface area contributed by atoms with Gasteiger partial charge in [-0.2, -0.15) is 0 Å². The van der Waals surface area contributed by atoms with Gasteiger partial charge in [-0.3, -0.25) is 0 Å². The van der Waals surface area contributed by atoms with Gasteiger partial charge in [0.2, 0.25) is 0 Å². The van der Waals surface area contributed by atoms with Crippen LogP contribution < -0.4 is 10.5 Å². The molecule has 4 heteroatoms. The van der Waals surface area contributed by atoms with E-state index in [2.05, 4.69) is 15.9 Å². The smallest absolute Gasteiger partial charge is 0.126 e. The number of hydrogen-bond donors (Lipinski definition) is 1. The summed E-state index contributed by atoms with van der Waals surface area (Å²) < 4.78 is 19.8. The molecule has 2 aromatic rings. The van der Waals surface area contributed by atoms with Gasteiger partial charge < -0.3 is 10.5 Å². The van der Waals surface area contributed by atoms with Crippen LogP contribution in [0.5, 0.6) is 5.75 Å². The molecule has 20 heavy (non-hydrogen) atoms. The van der Waals surface area contributed by atoms with Gasteiger partial charge >= 0.3 is 0 Å². The molecule has 0 aromatic heterocycles. The van der Waals surface area contributed by atoms with E-state index in [9.17, 15) is 4.39 Å². The quantitative estimate of drug-likeness (QED) is 0.902. The minimum absolute atomic E-state index is 0.143. The number of halogens is 2. The van der Waals surface area contributed by atoms with E-state index in [4.69, 9.17) is 10.5 Å². The van der Waals surface area contributed by atoms with Crippen molar-refractivity contribution in [2.45, 2.75) is 18.9 Å². The molecule has 0 aliphatic heterocycles. The maximum atomic E-state index is 13.6. The highest BCUT2D eigenvalue weighted by Gasteiger charge is 2.11. The summed E-state index contributed by atoms with van der Waals surface area (Å²) in [5, 5.41) is 0. The van der Waals surface area contributed by atoms with Crippen LogP contribution in [0.1, 0.15) is 11.1 Å². The normalized spacial score (nSPS) is 12.2. The van der Waals surface area contributed by atoms with E-state index in [1.165, 1.54) is 6.07 Å². The summed E-state index contributed by atoms with van der Waals surface area (Å²) >= 11 is 3.50. The monoisotopic (exact) mass is 337 g/mol. The van der Waals surface area contributed by atoms with Gasteiger partial charge in [0.25, 0.3) is 0 Å². The lowest BCUT2D eigenvalue weighted by atomic mass is 9.99. The van der Waals surface area contributed by atoms with E-state index in [1.54, 1.807) is 19.2 Å². The Morgan fingerprint density at radius 3 is 2.55 bits per heavy atom. The summed E-state index contributed by atoms with van der Waals surface area (Å²) in [4.78, 5) is 0. The van der Waals surface area contributed by atoms with Gasteiger partial charge in [-0.05, 0) is 48.2 Å². The molecule has 0 spiro atoms. The van der Waals surface area contributed by atoms with E-state index >= 15 is 0 Å². The number of methoxy groups -OCH3 is 1. The zero-order valence-electron chi connectivity index (χ0n) is 11.3. The second-order valence-electron chi connectivity index (χ2n) is 4.72. The first-order valence-electron chi connectivity index (χ1n) is 6.41. The third-order valence-corrected chi connectivity index (χ3v) is 3.95. The first kappa shape index (κ1) is 15.0. The lowest BCUT2D eigenvalue weighted by Gasteiger charge is -2.14. The number of benzene rings is 2. The van der Waals surface area contributed by atoms with Crippen LogP contribution >= 0.6 is 15.9 Å². The van der Waals surface area contributed by atoms with Crippen molar-refractivity contribution in [2.75, 3.05) is 7.11 Å². The van der Waals surface area contributed by atoms with Crippen molar-refractivity contribution >= 4 is 15.9 Å². The molecule has 2 nitrogen and oxygen atoms in total. The Morgan fingerprint density at radius 2 is 1.85 bits per heavy atom. The fourth-order valence-electron chi connectivity index (χ4n) is 2.14. The van der Waals surface area contributed by atoms with Gasteiger partial charge in [-0.1, -0.05) is 34.1 Å². The molecule has 1 atom stereocenters. The van der Waals surface area contributed by atoms with Crippen LogP contribution in [0.15, 0.2) is 46.9 Å². The third kappa shape index (κ3) is 3.81. The summed E-state index contributed by atoms with van der Waals surface area (Å²) in [6.07, 6.45) is 1.17. The maximum Gasteiger partial charge on any atom is 0.126 e. The van der Waals surface area contributed by atoms with Crippen molar-refractivity contribution in [2.24, 2.45) is 5.73 Å². The summed E-state index contributed by atoms with van der Waals surface area (Å²) in [7, 11) is 1.63. The van der Waals surface area contributed by atoms with Gasteiger partial charge in [-0.15, -0.1) is 0 Å². The molecule has 0 fully saturated rings. The van der Waals surface area contributed by atoms with E-state index in [1.807, 2.05) is 24.3 Å². The van der Waals surface area contributed by atoms with Gasteiger partial charge in [0.05, 0.1) is 7.11 Å². The van der Waals surface area contributed by atoms with Crippen molar-refractivity contribution in [3.8, 4) is 5.75 Å². The fraction of sp³-hybridized carbons (Fsp3) is 0.250. The highest BCUT2D eigenvalue weighted by molar-refractivity contribution is 9.10. The van der Waals surface area contributed by atoms with E-state index in [0.29, 0.717) is 18.4 Å². The molecular formula is C16H17BrFNO. The largest absolute Gasteiger partial charge is 0.497 e. The van der Waals surface area contributed by atoms with Crippen molar-refractivity contribution in [3.63, 3.8) is 0 Å². The standard InChI is InChI=1S/C16H17BrFNO/c1-20-14-6-7-15(17)12(10-14)9-13(19)8-11-4-2-3-5-16(11)18/h2-7,10,13H,8-9,19H2,1H3. The third-order valence-electron chi connectivity index (χ3n) is 3.17. The van der Waals surface area contributed by atoms with Crippen molar-refractivity contribution in [1.82, 2.24) is 0 Å². The Morgan fingerprint density at radius 1 is 1.15 bits per heavy atom. The lowest BCUT2D eigenvalue weighted by Crippen LogP contribution is -2.26. The fourth-order valence-corrected chi connectivity index (χ4v) is 2.54. The second-order valence-corrected chi connectivity index (χ2v) is 5.57. The Hall–Kier alpha value is -1.39. The molecule has 2 N–H and O–H groups in total. The Bertz CT molecular complexity index is 588. The van der Waals surface area contributed by atoms with Crippen LogP contribution in [0.25, 0.3) is 0 Å². The SMILES string of the molecule is COc1ccc(Br)c(CC(N)Cc2ccccc2F)c1. The minimum Gasteiger partial charge on any atom is -0.497 e. The second kappa shape index (κ2) is 6.86. The average molecular weight is 338 g/mol. The Kier molecular flexibility index (Phi) is 5.15. The first-order valence-corrected chi connectivity index (χ1v) is 7.21. The van der Waals surface area contributed by atoms with E-state index < -0.39 is 0 Å². The van der Waals surface area contributed by atoms with Crippen LogP contribution in [-0.2, 0) is 12.8 Å². The van der Waals surface area contributed by atoms with Crippen LogP contribution in [0.2, 0.25) is 0 Å². The highest BCUT2D eigenvalue weighted by Crippen LogP contribution is 2.24. The molecule has 1 unspecified atom stereocenters. The maximum absolute atomic E-state index is 13.6. The summed E-state index contributed by atoms with van der Waals surface area (Å²) in [5.41, 5.74) is 7.85. The lowest BCUT2D eigenvalue weighted by molar-refractivity contribution is 0.414. The average Bonchev–Trinajstić information content (AvgIpc) is 2.44. The molecule has 2 aromatic carbocycles. The molecule has 2 rings (SSSR count). The molecule has 0 radical (unpaired) electrons. The highest BCUT2D eigenvalue weighted by atomic mass is 79.9. The summed E-state index contributed by atoms with van der Waals surface area (Å²) in [6.45, 7) is 0. The topological polar surface area (TPSA) is 35.2 Å². The Balaban J connectivity index is 2.08. The molecule has 0 bridgehead atoms. The molecule has 0 saturated heterocycles. The predicted octanol–water partition coefficient (Wildman–Crippen LogP) is 3.71. The number of nitrogens with two attached hydrogens (primary N) is 1. The van der Waals surface area contributed by atoms with Crippen molar-refractivity contribution in [1.29, 1.82) is 0 Å². The minimum atomic E-state index is -0.201. The number of rotatable bonds is 5. The molecule has 0 amide bonds. The molecular weight excluding hydrogens is 321 g/mol. The number of hydrogen-bond acceptors (Lipinski definition) is 2. The molecule has 0 aliphatic carbocycles. The predicted molar refractivity (Wildman–Crippen MR) is 82.5 cm³/mol. The van der Waals surface area contributed by atoms with Gasteiger partial charge in [0.1, 0.15) is 11.6 Å².